The number of carbonyl (C=O) groups is 1. The molecule has 0 aromatic heterocycles. The predicted molar refractivity (Wildman–Crippen MR) is 74.5 cm³/mol. The second-order valence-corrected chi connectivity index (χ2v) is 4.84. The minimum atomic E-state index is -0.254. The third kappa shape index (κ3) is 4.84. The number of hydrogen-bond acceptors (Lipinski definition) is 2. The maximum atomic E-state index is 11.7. The van der Waals surface area contributed by atoms with Gasteiger partial charge in [-0.15, -0.1) is 0 Å². The average molecular weight is 271 g/mol. The van der Waals surface area contributed by atoms with Gasteiger partial charge >= 0.3 is 6.03 Å². The fourth-order valence-electron chi connectivity index (χ4n) is 1.42. The minimum absolute atomic E-state index is 0.254. The molecule has 100 valence electrons. The van der Waals surface area contributed by atoms with Crippen molar-refractivity contribution in [3.63, 3.8) is 0 Å². The summed E-state index contributed by atoms with van der Waals surface area (Å²) in [5.74, 6) is 1.14. The third-order valence-corrected chi connectivity index (χ3v) is 2.65. The molecule has 0 saturated carbocycles. The van der Waals surface area contributed by atoms with Crippen molar-refractivity contribution >= 4 is 23.3 Å². The average Bonchev–Trinajstić information content (AvgIpc) is 2.28. The second-order valence-electron chi connectivity index (χ2n) is 4.41. The van der Waals surface area contributed by atoms with E-state index < -0.39 is 0 Å². The Bertz CT molecular complexity index is 408. The summed E-state index contributed by atoms with van der Waals surface area (Å²) >= 11 is 5.88. The van der Waals surface area contributed by atoms with Crippen LogP contribution >= 0.6 is 11.6 Å². The first-order valence-corrected chi connectivity index (χ1v) is 6.29. The van der Waals surface area contributed by atoms with E-state index in [-0.39, 0.29) is 6.03 Å². The van der Waals surface area contributed by atoms with E-state index in [9.17, 15) is 4.79 Å². The molecule has 1 aromatic rings. The van der Waals surface area contributed by atoms with Crippen molar-refractivity contribution < 1.29 is 9.53 Å². The summed E-state index contributed by atoms with van der Waals surface area (Å²) in [4.78, 5) is 11.7. The Hall–Kier alpha value is -1.42. The van der Waals surface area contributed by atoms with Gasteiger partial charge in [-0.05, 0) is 30.5 Å². The Labute approximate surface area is 113 Å². The lowest BCUT2D eigenvalue weighted by Crippen LogP contribution is -2.30. The molecule has 1 rings (SSSR count). The lowest BCUT2D eigenvalue weighted by Gasteiger charge is -2.12. The van der Waals surface area contributed by atoms with Crippen molar-refractivity contribution in [2.75, 3.05) is 19.0 Å². The van der Waals surface area contributed by atoms with Gasteiger partial charge in [0.2, 0.25) is 0 Å². The summed E-state index contributed by atoms with van der Waals surface area (Å²) in [5.41, 5.74) is 0.562. The van der Waals surface area contributed by atoms with E-state index in [1.165, 1.54) is 0 Å². The molecular formula is C13H19ClN2O2. The molecule has 0 aliphatic rings. The fourth-order valence-corrected chi connectivity index (χ4v) is 1.59. The van der Waals surface area contributed by atoms with Crippen LogP contribution in [-0.4, -0.2) is 19.7 Å². The highest BCUT2D eigenvalue weighted by molar-refractivity contribution is 6.31. The zero-order valence-corrected chi connectivity index (χ0v) is 11.7. The fraction of sp³-hybridized carbons (Fsp3) is 0.462. The van der Waals surface area contributed by atoms with Crippen LogP contribution in [0.25, 0.3) is 0 Å². The van der Waals surface area contributed by atoms with Gasteiger partial charge in [-0.3, -0.25) is 0 Å². The Balaban J connectivity index is 2.55. The van der Waals surface area contributed by atoms with Crippen molar-refractivity contribution in [1.82, 2.24) is 5.32 Å². The highest BCUT2D eigenvalue weighted by atomic mass is 35.5. The summed E-state index contributed by atoms with van der Waals surface area (Å²) in [6, 6.07) is 4.83. The van der Waals surface area contributed by atoms with Gasteiger partial charge in [-0.1, -0.05) is 25.4 Å². The van der Waals surface area contributed by atoms with Crippen molar-refractivity contribution in [3.8, 4) is 5.75 Å². The Morgan fingerprint density at radius 3 is 2.78 bits per heavy atom. The summed E-state index contributed by atoms with van der Waals surface area (Å²) in [6.45, 7) is 4.87. The van der Waals surface area contributed by atoms with Crippen molar-refractivity contribution in [3.05, 3.63) is 23.2 Å². The standard InChI is InChI=1S/C13H19ClN2O2/c1-9(2)6-7-15-13(17)16-11-8-10(14)4-5-12(11)18-3/h4-5,8-9H,6-7H2,1-3H3,(H2,15,16,17). The summed E-state index contributed by atoms with van der Waals surface area (Å²) in [5, 5.41) is 6.05. The van der Waals surface area contributed by atoms with Gasteiger partial charge in [0.25, 0.3) is 0 Å². The summed E-state index contributed by atoms with van der Waals surface area (Å²) in [6.07, 6.45) is 0.945. The van der Waals surface area contributed by atoms with Gasteiger partial charge in [0.15, 0.2) is 0 Å². The molecular weight excluding hydrogens is 252 g/mol. The van der Waals surface area contributed by atoms with E-state index in [1.807, 2.05) is 0 Å². The molecule has 5 heteroatoms. The molecule has 0 aliphatic heterocycles. The van der Waals surface area contributed by atoms with Gasteiger partial charge < -0.3 is 15.4 Å². The van der Waals surface area contributed by atoms with Crippen LogP contribution in [0.3, 0.4) is 0 Å². The summed E-state index contributed by atoms with van der Waals surface area (Å²) in [7, 11) is 1.55. The van der Waals surface area contributed by atoms with Gasteiger partial charge in [0.05, 0.1) is 12.8 Å². The predicted octanol–water partition coefficient (Wildman–Crippen LogP) is 3.52. The van der Waals surface area contributed by atoms with Crippen LogP contribution in [0.15, 0.2) is 18.2 Å². The molecule has 0 unspecified atom stereocenters. The Kier molecular flexibility index (Phi) is 5.78. The maximum Gasteiger partial charge on any atom is 0.319 e. The lowest BCUT2D eigenvalue weighted by molar-refractivity contribution is 0.251. The number of rotatable bonds is 5. The third-order valence-electron chi connectivity index (χ3n) is 2.42. The monoisotopic (exact) mass is 270 g/mol. The number of hydrogen-bond donors (Lipinski definition) is 2. The van der Waals surface area contributed by atoms with E-state index >= 15 is 0 Å². The van der Waals surface area contributed by atoms with E-state index in [0.717, 1.165) is 6.42 Å². The number of ether oxygens (including phenoxy) is 1. The number of methoxy groups -OCH3 is 1. The van der Waals surface area contributed by atoms with Crippen LogP contribution in [0, 0.1) is 5.92 Å². The first kappa shape index (κ1) is 14.6. The van der Waals surface area contributed by atoms with E-state index in [2.05, 4.69) is 24.5 Å². The van der Waals surface area contributed by atoms with E-state index in [0.29, 0.717) is 28.9 Å². The normalized spacial score (nSPS) is 10.3. The van der Waals surface area contributed by atoms with Crippen LogP contribution in [0.5, 0.6) is 5.75 Å². The molecule has 0 bridgehead atoms. The molecule has 0 atom stereocenters. The van der Waals surface area contributed by atoms with Gasteiger partial charge in [-0.2, -0.15) is 0 Å². The molecule has 0 aliphatic carbocycles. The molecule has 0 fully saturated rings. The molecule has 0 radical (unpaired) electrons. The molecule has 2 amide bonds. The van der Waals surface area contributed by atoms with E-state index in [4.69, 9.17) is 16.3 Å². The number of anilines is 1. The van der Waals surface area contributed by atoms with Crippen LogP contribution < -0.4 is 15.4 Å². The first-order chi connectivity index (χ1) is 8.52. The van der Waals surface area contributed by atoms with Crippen molar-refractivity contribution in [2.45, 2.75) is 20.3 Å². The quantitative estimate of drug-likeness (QED) is 0.860. The highest BCUT2D eigenvalue weighted by Crippen LogP contribution is 2.27. The van der Waals surface area contributed by atoms with E-state index in [1.54, 1.807) is 25.3 Å². The van der Waals surface area contributed by atoms with Gasteiger partial charge in [0.1, 0.15) is 5.75 Å². The number of halogens is 1. The first-order valence-electron chi connectivity index (χ1n) is 5.91. The number of benzene rings is 1. The van der Waals surface area contributed by atoms with Crippen molar-refractivity contribution in [2.24, 2.45) is 5.92 Å². The van der Waals surface area contributed by atoms with Crippen molar-refractivity contribution in [1.29, 1.82) is 0 Å². The van der Waals surface area contributed by atoms with Crippen LogP contribution in [0.4, 0.5) is 10.5 Å². The zero-order valence-electron chi connectivity index (χ0n) is 10.9. The molecule has 18 heavy (non-hydrogen) atoms. The number of nitrogens with one attached hydrogen (secondary N) is 2. The van der Waals surface area contributed by atoms with Gasteiger partial charge in [0, 0.05) is 11.6 Å². The molecule has 0 heterocycles. The maximum absolute atomic E-state index is 11.7. The minimum Gasteiger partial charge on any atom is -0.495 e. The molecule has 0 spiro atoms. The summed E-state index contributed by atoms with van der Waals surface area (Å²) < 4.78 is 5.14. The van der Waals surface area contributed by atoms with Gasteiger partial charge in [-0.25, -0.2) is 4.79 Å². The zero-order chi connectivity index (χ0) is 13.5. The topological polar surface area (TPSA) is 50.4 Å². The smallest absolute Gasteiger partial charge is 0.319 e. The number of carbonyl (C=O) groups excluding carboxylic acids is 1. The largest absolute Gasteiger partial charge is 0.495 e. The number of amides is 2. The molecule has 0 saturated heterocycles. The van der Waals surface area contributed by atoms with Crippen LogP contribution in [0.2, 0.25) is 5.02 Å². The Morgan fingerprint density at radius 1 is 1.44 bits per heavy atom. The van der Waals surface area contributed by atoms with Crippen LogP contribution in [0.1, 0.15) is 20.3 Å². The Morgan fingerprint density at radius 2 is 2.17 bits per heavy atom. The lowest BCUT2D eigenvalue weighted by atomic mass is 10.1. The highest BCUT2D eigenvalue weighted by Gasteiger charge is 2.07. The molecule has 4 nitrogen and oxygen atoms in total. The second kappa shape index (κ2) is 7.11. The van der Waals surface area contributed by atoms with Crippen LogP contribution in [-0.2, 0) is 0 Å². The SMILES string of the molecule is COc1ccc(Cl)cc1NC(=O)NCCC(C)C. The molecule has 1 aromatic carbocycles. The molecule has 2 N–H and O–H groups in total. The number of urea groups is 1.